The number of unbranched alkanes of at least 4 members (excludes halogenated alkanes) is 5. The SMILES string of the molecule is CC=CCC(CCCCC)CCCCCC. The first-order chi connectivity index (χ1) is 7.85. The second kappa shape index (κ2) is 12.8. The van der Waals surface area contributed by atoms with E-state index in [2.05, 4.69) is 32.9 Å². The van der Waals surface area contributed by atoms with Crippen LogP contribution in [0.15, 0.2) is 12.2 Å². The van der Waals surface area contributed by atoms with E-state index in [0.29, 0.717) is 0 Å². The molecule has 0 bridgehead atoms. The quantitative estimate of drug-likeness (QED) is 0.293. The molecule has 96 valence electrons. The maximum atomic E-state index is 2.36. The van der Waals surface area contributed by atoms with Gasteiger partial charge < -0.3 is 0 Å². The molecule has 1 unspecified atom stereocenters. The van der Waals surface area contributed by atoms with Crippen molar-refractivity contribution in [2.24, 2.45) is 5.92 Å². The average molecular weight is 224 g/mol. The van der Waals surface area contributed by atoms with E-state index < -0.39 is 0 Å². The highest BCUT2D eigenvalue weighted by Crippen LogP contribution is 2.21. The van der Waals surface area contributed by atoms with Crippen molar-refractivity contribution in [3.8, 4) is 0 Å². The summed E-state index contributed by atoms with van der Waals surface area (Å²) in [5, 5.41) is 0. The normalized spacial score (nSPS) is 13.4. The van der Waals surface area contributed by atoms with Gasteiger partial charge in [0.15, 0.2) is 0 Å². The lowest BCUT2D eigenvalue weighted by atomic mass is 9.92. The van der Waals surface area contributed by atoms with Gasteiger partial charge in [-0.2, -0.15) is 0 Å². The summed E-state index contributed by atoms with van der Waals surface area (Å²) in [7, 11) is 0. The van der Waals surface area contributed by atoms with Gasteiger partial charge >= 0.3 is 0 Å². The summed E-state index contributed by atoms with van der Waals surface area (Å²) in [6.07, 6.45) is 18.7. The van der Waals surface area contributed by atoms with Crippen LogP contribution < -0.4 is 0 Å². The molecular formula is C16H32. The van der Waals surface area contributed by atoms with Crippen molar-refractivity contribution in [3.05, 3.63) is 12.2 Å². The zero-order valence-corrected chi connectivity index (χ0v) is 11.8. The molecule has 0 heterocycles. The van der Waals surface area contributed by atoms with Gasteiger partial charge in [0.25, 0.3) is 0 Å². The molecular weight excluding hydrogens is 192 g/mol. The van der Waals surface area contributed by atoms with Crippen LogP contribution in [0.4, 0.5) is 0 Å². The minimum atomic E-state index is 0.958. The Morgan fingerprint density at radius 3 is 1.94 bits per heavy atom. The fourth-order valence-corrected chi connectivity index (χ4v) is 2.25. The summed E-state index contributed by atoms with van der Waals surface area (Å²) in [5.41, 5.74) is 0. The highest BCUT2D eigenvalue weighted by Gasteiger charge is 2.06. The molecule has 1 atom stereocenters. The van der Waals surface area contributed by atoms with E-state index in [9.17, 15) is 0 Å². The molecule has 0 fully saturated rings. The van der Waals surface area contributed by atoms with E-state index in [1.54, 1.807) is 0 Å². The van der Waals surface area contributed by atoms with Gasteiger partial charge in [-0.3, -0.25) is 0 Å². The maximum absolute atomic E-state index is 2.36. The van der Waals surface area contributed by atoms with Crippen LogP contribution in [-0.4, -0.2) is 0 Å². The monoisotopic (exact) mass is 224 g/mol. The molecule has 0 nitrogen and oxygen atoms in total. The van der Waals surface area contributed by atoms with Crippen molar-refractivity contribution in [1.29, 1.82) is 0 Å². The van der Waals surface area contributed by atoms with Crippen molar-refractivity contribution in [2.45, 2.75) is 85.0 Å². The van der Waals surface area contributed by atoms with Gasteiger partial charge in [-0.05, 0) is 19.3 Å². The lowest BCUT2D eigenvalue weighted by Crippen LogP contribution is -1.99. The number of hydrogen-bond donors (Lipinski definition) is 0. The molecule has 0 amide bonds. The van der Waals surface area contributed by atoms with Crippen LogP contribution in [0.3, 0.4) is 0 Å². The summed E-state index contributed by atoms with van der Waals surface area (Å²) in [6.45, 7) is 6.72. The Labute approximate surface area is 104 Å². The predicted octanol–water partition coefficient (Wildman–Crippen LogP) is 6.12. The van der Waals surface area contributed by atoms with Crippen molar-refractivity contribution in [1.82, 2.24) is 0 Å². The predicted molar refractivity (Wildman–Crippen MR) is 75.8 cm³/mol. The topological polar surface area (TPSA) is 0 Å². The summed E-state index contributed by atoms with van der Waals surface area (Å²) in [4.78, 5) is 0. The Bertz CT molecular complexity index is 146. The number of allylic oxidation sites excluding steroid dienone is 2. The molecule has 0 aliphatic carbocycles. The molecule has 0 aromatic heterocycles. The van der Waals surface area contributed by atoms with Crippen LogP contribution in [0.5, 0.6) is 0 Å². The van der Waals surface area contributed by atoms with E-state index >= 15 is 0 Å². The molecule has 0 aromatic carbocycles. The fraction of sp³-hybridized carbons (Fsp3) is 0.875. The van der Waals surface area contributed by atoms with Gasteiger partial charge in [0.1, 0.15) is 0 Å². The number of rotatable bonds is 11. The average Bonchev–Trinajstić information content (AvgIpc) is 2.31. The van der Waals surface area contributed by atoms with Gasteiger partial charge in [0.05, 0.1) is 0 Å². The van der Waals surface area contributed by atoms with E-state index in [1.807, 2.05) is 0 Å². The van der Waals surface area contributed by atoms with Crippen LogP contribution in [0, 0.1) is 5.92 Å². The third-order valence-electron chi connectivity index (χ3n) is 3.39. The van der Waals surface area contributed by atoms with Crippen LogP contribution >= 0.6 is 0 Å². The van der Waals surface area contributed by atoms with Crippen LogP contribution in [0.1, 0.15) is 85.0 Å². The van der Waals surface area contributed by atoms with E-state index in [1.165, 1.54) is 64.2 Å². The van der Waals surface area contributed by atoms with Gasteiger partial charge in [-0.1, -0.05) is 83.8 Å². The zero-order valence-electron chi connectivity index (χ0n) is 11.8. The second-order valence-electron chi connectivity index (χ2n) is 5.02. The zero-order chi connectivity index (χ0) is 12.1. The summed E-state index contributed by atoms with van der Waals surface area (Å²) < 4.78 is 0. The third-order valence-corrected chi connectivity index (χ3v) is 3.39. The second-order valence-corrected chi connectivity index (χ2v) is 5.02. The van der Waals surface area contributed by atoms with Crippen LogP contribution in [0.2, 0.25) is 0 Å². The van der Waals surface area contributed by atoms with Gasteiger partial charge in [0.2, 0.25) is 0 Å². The van der Waals surface area contributed by atoms with E-state index in [0.717, 1.165) is 5.92 Å². The first-order valence-electron chi connectivity index (χ1n) is 7.46. The molecule has 0 aliphatic heterocycles. The molecule has 0 rings (SSSR count). The largest absolute Gasteiger partial charge is 0.0917 e. The van der Waals surface area contributed by atoms with Crippen LogP contribution in [0.25, 0.3) is 0 Å². The Kier molecular flexibility index (Phi) is 12.6. The highest BCUT2D eigenvalue weighted by molar-refractivity contribution is 4.80. The summed E-state index contributed by atoms with van der Waals surface area (Å²) in [6, 6.07) is 0. The van der Waals surface area contributed by atoms with Crippen molar-refractivity contribution < 1.29 is 0 Å². The third kappa shape index (κ3) is 10.3. The molecule has 0 saturated carbocycles. The molecule has 0 radical (unpaired) electrons. The molecule has 16 heavy (non-hydrogen) atoms. The van der Waals surface area contributed by atoms with Crippen LogP contribution in [-0.2, 0) is 0 Å². The molecule has 0 spiro atoms. The van der Waals surface area contributed by atoms with Gasteiger partial charge in [-0.15, -0.1) is 0 Å². The minimum Gasteiger partial charge on any atom is -0.0917 e. The summed E-state index contributed by atoms with van der Waals surface area (Å²) in [5.74, 6) is 0.958. The molecule has 0 heteroatoms. The first-order valence-corrected chi connectivity index (χ1v) is 7.46. The standard InChI is InChI=1S/C16H32/c1-4-7-10-12-15-16(13-9-6-3)14-11-8-5-2/h6,9,16H,4-5,7-8,10-15H2,1-3H3. The van der Waals surface area contributed by atoms with Gasteiger partial charge in [-0.25, -0.2) is 0 Å². The lowest BCUT2D eigenvalue weighted by Gasteiger charge is -2.14. The van der Waals surface area contributed by atoms with Crippen molar-refractivity contribution in [2.75, 3.05) is 0 Å². The van der Waals surface area contributed by atoms with Crippen molar-refractivity contribution >= 4 is 0 Å². The van der Waals surface area contributed by atoms with E-state index in [-0.39, 0.29) is 0 Å². The fourth-order valence-electron chi connectivity index (χ4n) is 2.25. The Balaban J connectivity index is 3.62. The summed E-state index contributed by atoms with van der Waals surface area (Å²) >= 11 is 0. The minimum absolute atomic E-state index is 0.958. The number of hydrogen-bond acceptors (Lipinski definition) is 0. The Hall–Kier alpha value is -0.260. The Morgan fingerprint density at radius 1 is 0.812 bits per heavy atom. The van der Waals surface area contributed by atoms with Crippen molar-refractivity contribution in [3.63, 3.8) is 0 Å². The smallest absolute Gasteiger partial charge is 0.0322 e. The lowest BCUT2D eigenvalue weighted by molar-refractivity contribution is 0.411. The Morgan fingerprint density at radius 2 is 1.38 bits per heavy atom. The molecule has 0 aromatic rings. The molecule has 0 N–H and O–H groups in total. The molecule has 0 saturated heterocycles. The van der Waals surface area contributed by atoms with Gasteiger partial charge in [0, 0.05) is 0 Å². The van der Waals surface area contributed by atoms with E-state index in [4.69, 9.17) is 0 Å². The maximum Gasteiger partial charge on any atom is -0.0322 e. The first kappa shape index (κ1) is 15.7. The molecule has 0 aliphatic rings. The highest BCUT2D eigenvalue weighted by atomic mass is 14.1.